The number of urea groups is 1. The van der Waals surface area contributed by atoms with E-state index in [1.807, 2.05) is 0 Å². The van der Waals surface area contributed by atoms with Gasteiger partial charge in [-0.2, -0.15) is 0 Å². The van der Waals surface area contributed by atoms with Crippen molar-refractivity contribution in [2.45, 2.75) is 18.9 Å². The van der Waals surface area contributed by atoms with Crippen molar-refractivity contribution in [3.63, 3.8) is 0 Å². The summed E-state index contributed by atoms with van der Waals surface area (Å²) < 4.78 is 24.3. The molecule has 2 heterocycles. The standard InChI is InChI=1S/C20H18FN3O5/c1-20(9-12-6-7-15-16(8-12)29-11-28-15)18(26)24(19(27)23-20)10-17(25)22-14-5-3-2-4-13(14)21/h2-8H,9-11H2,1H3,(H,22,25)(H,23,27)/t20-/m0/s1. The molecular weight excluding hydrogens is 381 g/mol. The molecule has 1 fully saturated rings. The zero-order valence-corrected chi connectivity index (χ0v) is 15.5. The van der Waals surface area contributed by atoms with Crippen LogP contribution in [0.15, 0.2) is 42.5 Å². The number of benzene rings is 2. The molecule has 0 aliphatic carbocycles. The molecule has 29 heavy (non-hydrogen) atoms. The van der Waals surface area contributed by atoms with Crippen LogP contribution in [0.4, 0.5) is 14.9 Å². The summed E-state index contributed by atoms with van der Waals surface area (Å²) in [5.74, 6) is -0.628. The SMILES string of the molecule is C[C@@]1(Cc2ccc3c(c2)OCO3)NC(=O)N(CC(=O)Nc2ccccc2F)C1=O. The van der Waals surface area contributed by atoms with Crippen molar-refractivity contribution in [2.24, 2.45) is 0 Å². The molecule has 0 radical (unpaired) electrons. The van der Waals surface area contributed by atoms with Crippen molar-refractivity contribution < 1.29 is 28.2 Å². The number of carbonyl (C=O) groups is 3. The van der Waals surface area contributed by atoms with Gasteiger partial charge >= 0.3 is 6.03 Å². The average molecular weight is 399 g/mol. The van der Waals surface area contributed by atoms with Gasteiger partial charge in [0.2, 0.25) is 12.7 Å². The van der Waals surface area contributed by atoms with Gasteiger partial charge in [-0.3, -0.25) is 14.5 Å². The fourth-order valence-electron chi connectivity index (χ4n) is 3.37. The molecule has 1 atom stereocenters. The minimum absolute atomic E-state index is 0.0207. The maximum atomic E-state index is 13.7. The lowest BCUT2D eigenvalue weighted by Gasteiger charge is -2.22. The van der Waals surface area contributed by atoms with Gasteiger partial charge < -0.3 is 20.1 Å². The molecule has 0 aromatic heterocycles. The lowest BCUT2D eigenvalue weighted by molar-refractivity contribution is -0.133. The zero-order valence-electron chi connectivity index (χ0n) is 15.5. The molecular formula is C20H18FN3O5. The number of amides is 4. The van der Waals surface area contributed by atoms with Crippen LogP contribution in [0.25, 0.3) is 0 Å². The molecule has 8 nitrogen and oxygen atoms in total. The minimum Gasteiger partial charge on any atom is -0.454 e. The van der Waals surface area contributed by atoms with Crippen LogP contribution in [-0.2, 0) is 16.0 Å². The summed E-state index contributed by atoms with van der Waals surface area (Å²) >= 11 is 0. The number of carbonyl (C=O) groups excluding carboxylic acids is 3. The number of para-hydroxylation sites is 1. The van der Waals surface area contributed by atoms with Crippen LogP contribution in [0.1, 0.15) is 12.5 Å². The Balaban J connectivity index is 1.45. The van der Waals surface area contributed by atoms with Gasteiger partial charge in [-0.1, -0.05) is 18.2 Å². The first-order valence-corrected chi connectivity index (χ1v) is 8.93. The summed E-state index contributed by atoms with van der Waals surface area (Å²) in [6.07, 6.45) is 0.208. The van der Waals surface area contributed by atoms with E-state index >= 15 is 0 Å². The van der Waals surface area contributed by atoms with E-state index in [1.165, 1.54) is 18.2 Å². The molecule has 2 aliphatic rings. The topological polar surface area (TPSA) is 97.0 Å². The first-order chi connectivity index (χ1) is 13.9. The van der Waals surface area contributed by atoms with Crippen molar-refractivity contribution in [2.75, 3.05) is 18.7 Å². The first-order valence-electron chi connectivity index (χ1n) is 8.93. The van der Waals surface area contributed by atoms with Crippen LogP contribution in [0, 0.1) is 5.82 Å². The maximum Gasteiger partial charge on any atom is 0.325 e. The Kier molecular flexibility index (Phi) is 4.57. The van der Waals surface area contributed by atoms with Crippen molar-refractivity contribution in [1.29, 1.82) is 0 Å². The number of rotatable bonds is 5. The molecule has 2 aliphatic heterocycles. The minimum atomic E-state index is -1.22. The number of nitrogens with one attached hydrogen (secondary N) is 2. The van der Waals surface area contributed by atoms with Gasteiger partial charge in [0.05, 0.1) is 5.69 Å². The Bertz CT molecular complexity index is 1010. The van der Waals surface area contributed by atoms with Crippen LogP contribution in [0.2, 0.25) is 0 Å². The van der Waals surface area contributed by atoms with E-state index in [9.17, 15) is 18.8 Å². The van der Waals surface area contributed by atoms with E-state index < -0.39 is 35.7 Å². The van der Waals surface area contributed by atoms with Gasteiger partial charge in [0.1, 0.15) is 17.9 Å². The number of hydrogen-bond donors (Lipinski definition) is 2. The summed E-state index contributed by atoms with van der Waals surface area (Å²) in [7, 11) is 0. The molecule has 2 aromatic carbocycles. The molecule has 150 valence electrons. The highest BCUT2D eigenvalue weighted by Crippen LogP contribution is 2.34. The molecule has 4 amide bonds. The van der Waals surface area contributed by atoms with Crippen LogP contribution >= 0.6 is 0 Å². The second-order valence-corrected chi connectivity index (χ2v) is 7.05. The molecule has 0 saturated carbocycles. The molecule has 0 unspecified atom stereocenters. The number of anilines is 1. The van der Waals surface area contributed by atoms with Crippen LogP contribution in [-0.4, -0.2) is 41.6 Å². The molecule has 0 bridgehead atoms. The third kappa shape index (κ3) is 3.58. The zero-order chi connectivity index (χ0) is 20.6. The van der Waals surface area contributed by atoms with E-state index in [0.29, 0.717) is 11.5 Å². The van der Waals surface area contributed by atoms with Gasteiger partial charge in [0.25, 0.3) is 5.91 Å². The average Bonchev–Trinajstić information content (AvgIpc) is 3.22. The smallest absolute Gasteiger partial charge is 0.325 e. The number of imide groups is 1. The lowest BCUT2D eigenvalue weighted by atomic mass is 9.92. The van der Waals surface area contributed by atoms with Gasteiger partial charge in [0, 0.05) is 6.42 Å². The second-order valence-electron chi connectivity index (χ2n) is 7.05. The monoisotopic (exact) mass is 399 g/mol. The Morgan fingerprint density at radius 1 is 1.21 bits per heavy atom. The van der Waals surface area contributed by atoms with Crippen molar-refractivity contribution in [1.82, 2.24) is 10.2 Å². The Hall–Kier alpha value is -3.62. The number of nitrogens with zero attached hydrogens (tertiary/aromatic N) is 1. The summed E-state index contributed by atoms with van der Waals surface area (Å²) in [6.45, 7) is 1.21. The number of halogens is 1. The number of hydrogen-bond acceptors (Lipinski definition) is 5. The predicted octanol–water partition coefficient (Wildman–Crippen LogP) is 2.05. The molecule has 4 rings (SSSR count). The summed E-state index contributed by atoms with van der Waals surface area (Å²) in [4.78, 5) is 38.2. The van der Waals surface area contributed by atoms with Crippen molar-refractivity contribution >= 4 is 23.5 Å². The summed E-state index contributed by atoms with van der Waals surface area (Å²) in [5.41, 5.74) is -0.473. The highest BCUT2D eigenvalue weighted by molar-refractivity contribution is 6.10. The molecule has 1 saturated heterocycles. The van der Waals surface area contributed by atoms with Gasteiger partial charge in [-0.15, -0.1) is 0 Å². The number of fused-ring (bicyclic) bond motifs is 1. The van der Waals surface area contributed by atoms with Crippen LogP contribution < -0.4 is 20.1 Å². The fourth-order valence-corrected chi connectivity index (χ4v) is 3.37. The number of ether oxygens (including phenoxy) is 2. The second kappa shape index (κ2) is 7.08. The Morgan fingerprint density at radius 2 is 1.97 bits per heavy atom. The van der Waals surface area contributed by atoms with Gasteiger partial charge in [0.15, 0.2) is 11.5 Å². The largest absolute Gasteiger partial charge is 0.454 e. The molecule has 9 heteroatoms. The maximum absolute atomic E-state index is 13.7. The summed E-state index contributed by atoms with van der Waals surface area (Å²) in [5, 5.41) is 5.00. The highest BCUT2D eigenvalue weighted by atomic mass is 19.1. The first kappa shape index (κ1) is 18.7. The van der Waals surface area contributed by atoms with E-state index in [0.717, 1.165) is 10.5 Å². The van der Waals surface area contributed by atoms with Crippen molar-refractivity contribution in [3.05, 3.63) is 53.8 Å². The van der Waals surface area contributed by atoms with Gasteiger partial charge in [-0.25, -0.2) is 9.18 Å². The van der Waals surface area contributed by atoms with E-state index in [2.05, 4.69) is 10.6 Å². The van der Waals surface area contributed by atoms with Gasteiger partial charge in [-0.05, 0) is 36.8 Å². The molecule has 2 N–H and O–H groups in total. The highest BCUT2D eigenvalue weighted by Gasteiger charge is 2.48. The van der Waals surface area contributed by atoms with E-state index in [-0.39, 0.29) is 18.9 Å². The Morgan fingerprint density at radius 3 is 2.76 bits per heavy atom. The third-order valence-electron chi connectivity index (χ3n) is 4.79. The molecule has 0 spiro atoms. The van der Waals surface area contributed by atoms with E-state index in [4.69, 9.17) is 9.47 Å². The Labute approximate surface area is 165 Å². The summed E-state index contributed by atoms with van der Waals surface area (Å²) in [6, 6.07) is 10.2. The van der Waals surface area contributed by atoms with Crippen molar-refractivity contribution in [3.8, 4) is 11.5 Å². The van der Waals surface area contributed by atoms with Crippen LogP contribution in [0.5, 0.6) is 11.5 Å². The predicted molar refractivity (Wildman–Crippen MR) is 99.9 cm³/mol. The van der Waals surface area contributed by atoms with Crippen LogP contribution in [0.3, 0.4) is 0 Å². The fraction of sp³-hybridized carbons (Fsp3) is 0.250. The van der Waals surface area contributed by atoms with E-state index in [1.54, 1.807) is 31.2 Å². The lowest BCUT2D eigenvalue weighted by Crippen LogP contribution is -2.46. The third-order valence-corrected chi connectivity index (χ3v) is 4.79. The normalized spacial score (nSPS) is 20.0. The molecule has 2 aromatic rings. The quantitative estimate of drug-likeness (QED) is 0.750.